The summed E-state index contributed by atoms with van der Waals surface area (Å²) in [5.74, 6) is 0.282. The molecule has 0 aliphatic rings. The van der Waals surface area contributed by atoms with E-state index in [0.717, 1.165) is 10.1 Å². The molecule has 0 spiro atoms. The number of anilines is 1. The van der Waals surface area contributed by atoms with Gasteiger partial charge in [-0.1, -0.05) is 24.3 Å². The monoisotopic (exact) mass is 353 g/mol. The van der Waals surface area contributed by atoms with Crippen molar-refractivity contribution in [1.82, 2.24) is 9.78 Å². The van der Waals surface area contributed by atoms with Gasteiger partial charge in [0.1, 0.15) is 18.9 Å². The number of nitrogens with one attached hydrogen (secondary N) is 1. The number of carbonyl (C=O) groups excluding carboxylic acids is 1. The van der Waals surface area contributed by atoms with E-state index in [9.17, 15) is 9.59 Å². The van der Waals surface area contributed by atoms with Gasteiger partial charge in [-0.3, -0.25) is 9.59 Å². The van der Waals surface area contributed by atoms with E-state index in [1.165, 1.54) is 0 Å². The summed E-state index contributed by atoms with van der Waals surface area (Å²) in [7, 11) is 1.60. The zero-order chi connectivity index (χ0) is 18.4. The molecule has 7 nitrogen and oxygen atoms in total. The second kappa shape index (κ2) is 8.26. The third kappa shape index (κ3) is 4.25. The van der Waals surface area contributed by atoms with Gasteiger partial charge in [0.25, 0.3) is 5.56 Å². The lowest BCUT2D eigenvalue weighted by molar-refractivity contribution is -0.117. The van der Waals surface area contributed by atoms with E-state index in [0.29, 0.717) is 30.0 Å². The molecule has 3 aromatic rings. The summed E-state index contributed by atoms with van der Waals surface area (Å²) in [6.45, 7) is 0.732. The Bertz CT molecular complexity index is 968. The smallest absolute Gasteiger partial charge is 0.275 e. The van der Waals surface area contributed by atoms with Gasteiger partial charge >= 0.3 is 0 Å². The predicted molar refractivity (Wildman–Crippen MR) is 98.4 cm³/mol. The third-order valence-corrected chi connectivity index (χ3v) is 3.73. The van der Waals surface area contributed by atoms with Gasteiger partial charge in [-0.2, -0.15) is 5.10 Å². The summed E-state index contributed by atoms with van der Waals surface area (Å²) in [5, 5.41) is 8.08. The number of ether oxygens (including phenoxy) is 2. The average Bonchev–Trinajstić information content (AvgIpc) is 2.65. The number of amides is 1. The van der Waals surface area contributed by atoms with Crippen LogP contribution in [-0.4, -0.2) is 36.0 Å². The van der Waals surface area contributed by atoms with Crippen LogP contribution in [0.15, 0.2) is 59.5 Å². The van der Waals surface area contributed by atoms with Crippen molar-refractivity contribution in [3.8, 4) is 5.75 Å². The minimum absolute atomic E-state index is 0.168. The molecule has 0 unspecified atom stereocenters. The van der Waals surface area contributed by atoms with Crippen molar-refractivity contribution in [1.29, 1.82) is 0 Å². The average molecular weight is 353 g/mol. The molecule has 1 heterocycles. The number of methoxy groups -OCH3 is 1. The van der Waals surface area contributed by atoms with Crippen LogP contribution < -0.4 is 15.6 Å². The van der Waals surface area contributed by atoms with Gasteiger partial charge in [-0.25, -0.2) is 4.68 Å². The van der Waals surface area contributed by atoms with Crippen molar-refractivity contribution in [3.05, 3.63) is 65.1 Å². The van der Waals surface area contributed by atoms with Crippen LogP contribution in [-0.2, 0) is 16.1 Å². The lowest BCUT2D eigenvalue weighted by atomic mass is 10.2. The molecule has 1 aromatic heterocycles. The molecule has 0 fully saturated rings. The maximum Gasteiger partial charge on any atom is 0.275 e. The first kappa shape index (κ1) is 17.6. The zero-order valence-electron chi connectivity index (χ0n) is 14.3. The molecule has 3 rings (SSSR count). The summed E-state index contributed by atoms with van der Waals surface area (Å²) in [5.41, 5.74) is 0.286. The summed E-state index contributed by atoms with van der Waals surface area (Å²) in [4.78, 5) is 24.7. The van der Waals surface area contributed by atoms with Gasteiger partial charge in [0.15, 0.2) is 0 Å². The number of hydrogen-bond acceptors (Lipinski definition) is 5. The SMILES string of the molecule is COCCOc1cccc(NC(=O)Cn2ncc3ccccc3c2=O)c1. The van der Waals surface area contributed by atoms with Crippen molar-refractivity contribution in [2.24, 2.45) is 0 Å². The van der Waals surface area contributed by atoms with Crippen LogP contribution in [0.3, 0.4) is 0 Å². The van der Waals surface area contributed by atoms with Gasteiger partial charge in [0.05, 0.1) is 18.2 Å². The molecule has 134 valence electrons. The Kier molecular flexibility index (Phi) is 5.60. The van der Waals surface area contributed by atoms with Gasteiger partial charge < -0.3 is 14.8 Å². The van der Waals surface area contributed by atoms with E-state index in [1.807, 2.05) is 12.1 Å². The Morgan fingerprint density at radius 3 is 2.85 bits per heavy atom. The van der Waals surface area contributed by atoms with Crippen LogP contribution in [0.5, 0.6) is 5.75 Å². The summed E-state index contributed by atoms with van der Waals surface area (Å²) in [6.07, 6.45) is 1.58. The molecule has 0 aliphatic carbocycles. The lowest BCUT2D eigenvalue weighted by Gasteiger charge is -2.10. The van der Waals surface area contributed by atoms with Gasteiger partial charge in [0.2, 0.25) is 5.91 Å². The highest BCUT2D eigenvalue weighted by Gasteiger charge is 2.09. The summed E-state index contributed by atoms with van der Waals surface area (Å²) < 4.78 is 11.6. The van der Waals surface area contributed by atoms with Crippen molar-refractivity contribution < 1.29 is 14.3 Å². The van der Waals surface area contributed by atoms with Crippen molar-refractivity contribution in [2.45, 2.75) is 6.54 Å². The van der Waals surface area contributed by atoms with Gasteiger partial charge in [-0.15, -0.1) is 0 Å². The number of nitrogens with zero attached hydrogens (tertiary/aromatic N) is 2. The number of benzene rings is 2. The fraction of sp³-hybridized carbons (Fsp3) is 0.211. The predicted octanol–water partition coefficient (Wildman–Crippen LogP) is 2.06. The Hall–Kier alpha value is -3.19. The van der Waals surface area contributed by atoms with E-state index < -0.39 is 0 Å². The fourth-order valence-electron chi connectivity index (χ4n) is 2.48. The van der Waals surface area contributed by atoms with Crippen molar-refractivity contribution >= 4 is 22.4 Å². The van der Waals surface area contributed by atoms with E-state index in [-0.39, 0.29) is 18.0 Å². The second-order valence-electron chi connectivity index (χ2n) is 5.61. The molecule has 0 radical (unpaired) electrons. The van der Waals surface area contributed by atoms with Crippen molar-refractivity contribution in [3.63, 3.8) is 0 Å². The maximum absolute atomic E-state index is 12.4. The maximum atomic E-state index is 12.4. The first-order chi connectivity index (χ1) is 12.7. The fourth-order valence-corrected chi connectivity index (χ4v) is 2.48. The van der Waals surface area contributed by atoms with Crippen LogP contribution in [0.4, 0.5) is 5.69 Å². The lowest BCUT2D eigenvalue weighted by Crippen LogP contribution is -2.29. The number of rotatable bonds is 7. The molecule has 7 heteroatoms. The molecule has 1 N–H and O–H groups in total. The van der Waals surface area contributed by atoms with Crippen LogP contribution >= 0.6 is 0 Å². The van der Waals surface area contributed by atoms with Crippen LogP contribution in [0.2, 0.25) is 0 Å². The van der Waals surface area contributed by atoms with E-state index in [1.54, 1.807) is 49.7 Å². The van der Waals surface area contributed by atoms with Crippen LogP contribution in [0.1, 0.15) is 0 Å². The minimum atomic E-state index is -0.344. The molecule has 0 bridgehead atoms. The summed E-state index contributed by atoms with van der Waals surface area (Å²) >= 11 is 0. The molecule has 0 saturated carbocycles. The number of carbonyl (C=O) groups is 1. The Morgan fingerprint density at radius 1 is 1.15 bits per heavy atom. The Labute approximate surface area is 150 Å². The molecule has 0 aliphatic heterocycles. The van der Waals surface area contributed by atoms with Crippen LogP contribution in [0.25, 0.3) is 10.8 Å². The van der Waals surface area contributed by atoms with Crippen molar-refractivity contribution in [2.75, 3.05) is 25.6 Å². The third-order valence-electron chi connectivity index (χ3n) is 3.73. The molecule has 26 heavy (non-hydrogen) atoms. The van der Waals surface area contributed by atoms with Crippen LogP contribution in [0, 0.1) is 0 Å². The normalized spacial score (nSPS) is 10.7. The summed E-state index contributed by atoms with van der Waals surface area (Å²) in [6, 6.07) is 14.2. The zero-order valence-corrected chi connectivity index (χ0v) is 14.3. The topological polar surface area (TPSA) is 82.4 Å². The first-order valence-electron chi connectivity index (χ1n) is 8.14. The second-order valence-corrected chi connectivity index (χ2v) is 5.61. The Morgan fingerprint density at radius 2 is 2.00 bits per heavy atom. The molecular weight excluding hydrogens is 334 g/mol. The molecule has 2 aromatic carbocycles. The van der Waals surface area contributed by atoms with E-state index in [2.05, 4.69) is 10.4 Å². The van der Waals surface area contributed by atoms with E-state index in [4.69, 9.17) is 9.47 Å². The molecule has 0 saturated heterocycles. The quantitative estimate of drug-likeness (QED) is 0.658. The first-order valence-corrected chi connectivity index (χ1v) is 8.14. The van der Waals surface area contributed by atoms with Gasteiger partial charge in [0, 0.05) is 24.2 Å². The number of fused-ring (bicyclic) bond motifs is 1. The van der Waals surface area contributed by atoms with E-state index >= 15 is 0 Å². The molecular formula is C19H19N3O4. The molecule has 1 amide bonds. The number of hydrogen-bond donors (Lipinski definition) is 1. The number of aromatic nitrogens is 2. The minimum Gasteiger partial charge on any atom is -0.491 e. The largest absolute Gasteiger partial charge is 0.491 e. The highest BCUT2D eigenvalue weighted by atomic mass is 16.5. The highest BCUT2D eigenvalue weighted by Crippen LogP contribution is 2.17. The highest BCUT2D eigenvalue weighted by molar-refractivity contribution is 5.91. The standard InChI is InChI=1S/C19H19N3O4/c1-25-9-10-26-16-7-4-6-15(11-16)21-18(23)13-22-19(24)17-8-3-2-5-14(17)12-20-22/h2-8,11-12H,9-10,13H2,1H3,(H,21,23). The van der Waals surface area contributed by atoms with Gasteiger partial charge in [-0.05, 0) is 18.2 Å². The molecule has 0 atom stereocenters. The Balaban J connectivity index is 1.68.